The molecule has 0 aliphatic heterocycles. The molecule has 0 spiro atoms. The van der Waals surface area contributed by atoms with Gasteiger partial charge in [-0.2, -0.15) is 0 Å². The third-order valence-electron chi connectivity index (χ3n) is 1.64. The van der Waals surface area contributed by atoms with Crippen LogP contribution in [0.3, 0.4) is 0 Å². The van der Waals surface area contributed by atoms with E-state index in [9.17, 15) is 9.59 Å². The number of aliphatic carboxylic acids is 1. The van der Waals surface area contributed by atoms with E-state index in [-0.39, 0.29) is 25.0 Å². The van der Waals surface area contributed by atoms with E-state index in [1.807, 2.05) is 0 Å². The normalized spacial score (nSPS) is 12.1. The Labute approximate surface area is 83.4 Å². The summed E-state index contributed by atoms with van der Waals surface area (Å²) >= 11 is 0. The van der Waals surface area contributed by atoms with Crippen LogP contribution in [0.1, 0.15) is 26.7 Å². The molecular formula is C9H17NO4. The molecule has 0 saturated carbocycles. The second-order valence-corrected chi connectivity index (χ2v) is 3.04. The number of carbonyl (C=O) groups is 2. The van der Waals surface area contributed by atoms with E-state index >= 15 is 0 Å². The summed E-state index contributed by atoms with van der Waals surface area (Å²) in [5.41, 5.74) is 0. The Morgan fingerprint density at radius 3 is 2.64 bits per heavy atom. The lowest BCUT2D eigenvalue weighted by atomic mass is 10.2. The molecular weight excluding hydrogens is 186 g/mol. The second kappa shape index (κ2) is 7.32. The standard InChI is InChI=1S/C9H17NO4/c1-3-14-6-8(11)10-7(2)4-5-9(12)13/h7H,3-6H2,1-2H3,(H,10,11)(H,12,13). The molecule has 82 valence electrons. The summed E-state index contributed by atoms with van der Waals surface area (Å²) in [6.07, 6.45) is 0.503. The van der Waals surface area contributed by atoms with Gasteiger partial charge in [-0.3, -0.25) is 9.59 Å². The number of rotatable bonds is 7. The number of ether oxygens (including phenoxy) is 1. The molecule has 0 aromatic rings. The fourth-order valence-electron chi connectivity index (χ4n) is 0.923. The van der Waals surface area contributed by atoms with Crippen molar-refractivity contribution in [3.8, 4) is 0 Å². The molecule has 0 aliphatic carbocycles. The lowest BCUT2D eigenvalue weighted by Gasteiger charge is -2.12. The van der Waals surface area contributed by atoms with Gasteiger partial charge in [0.25, 0.3) is 0 Å². The van der Waals surface area contributed by atoms with Gasteiger partial charge in [-0.05, 0) is 20.3 Å². The van der Waals surface area contributed by atoms with Gasteiger partial charge in [0.1, 0.15) is 6.61 Å². The minimum Gasteiger partial charge on any atom is -0.481 e. The van der Waals surface area contributed by atoms with E-state index in [4.69, 9.17) is 9.84 Å². The quantitative estimate of drug-likeness (QED) is 0.627. The molecule has 0 saturated heterocycles. The van der Waals surface area contributed by atoms with E-state index in [0.717, 1.165) is 0 Å². The molecule has 1 unspecified atom stereocenters. The van der Waals surface area contributed by atoms with Crippen molar-refractivity contribution in [1.82, 2.24) is 5.32 Å². The molecule has 14 heavy (non-hydrogen) atoms. The highest BCUT2D eigenvalue weighted by atomic mass is 16.5. The second-order valence-electron chi connectivity index (χ2n) is 3.04. The van der Waals surface area contributed by atoms with Crippen molar-refractivity contribution in [2.24, 2.45) is 0 Å². The van der Waals surface area contributed by atoms with Crippen LogP contribution >= 0.6 is 0 Å². The Bertz CT molecular complexity index is 193. The largest absolute Gasteiger partial charge is 0.481 e. The summed E-state index contributed by atoms with van der Waals surface area (Å²) in [7, 11) is 0. The van der Waals surface area contributed by atoms with Crippen LogP contribution in [0.15, 0.2) is 0 Å². The van der Waals surface area contributed by atoms with Crippen LogP contribution in [0.25, 0.3) is 0 Å². The third kappa shape index (κ3) is 7.54. The van der Waals surface area contributed by atoms with Crippen LogP contribution < -0.4 is 5.32 Å². The molecule has 5 nitrogen and oxygen atoms in total. The summed E-state index contributed by atoms with van der Waals surface area (Å²) in [6.45, 7) is 4.11. The van der Waals surface area contributed by atoms with Gasteiger partial charge < -0.3 is 15.2 Å². The number of carboxylic acids is 1. The maximum atomic E-state index is 11.1. The van der Waals surface area contributed by atoms with Crippen LogP contribution in [0.5, 0.6) is 0 Å². The van der Waals surface area contributed by atoms with Crippen LogP contribution in [-0.4, -0.2) is 36.2 Å². The van der Waals surface area contributed by atoms with Gasteiger partial charge in [0, 0.05) is 19.1 Å². The summed E-state index contributed by atoms with van der Waals surface area (Å²) in [6, 6.07) is -0.126. The highest BCUT2D eigenvalue weighted by molar-refractivity contribution is 5.77. The molecule has 0 rings (SSSR count). The summed E-state index contributed by atoms with van der Waals surface area (Å²) in [4.78, 5) is 21.3. The average molecular weight is 203 g/mol. The molecule has 2 N–H and O–H groups in total. The first-order chi connectivity index (χ1) is 6.56. The van der Waals surface area contributed by atoms with Gasteiger partial charge in [0.2, 0.25) is 5.91 Å². The van der Waals surface area contributed by atoms with Crippen molar-refractivity contribution < 1.29 is 19.4 Å². The maximum absolute atomic E-state index is 11.1. The summed E-state index contributed by atoms with van der Waals surface area (Å²) < 4.78 is 4.89. The van der Waals surface area contributed by atoms with Gasteiger partial charge >= 0.3 is 5.97 Å². The Kier molecular flexibility index (Phi) is 6.74. The lowest BCUT2D eigenvalue weighted by molar-refractivity contribution is -0.137. The van der Waals surface area contributed by atoms with Gasteiger partial charge in [0.05, 0.1) is 0 Å². The number of nitrogens with one attached hydrogen (secondary N) is 1. The van der Waals surface area contributed by atoms with Gasteiger partial charge in [-0.1, -0.05) is 0 Å². The van der Waals surface area contributed by atoms with E-state index in [1.54, 1.807) is 13.8 Å². The zero-order chi connectivity index (χ0) is 11.0. The molecule has 0 radical (unpaired) electrons. The third-order valence-corrected chi connectivity index (χ3v) is 1.64. The van der Waals surface area contributed by atoms with Crippen LogP contribution in [0.2, 0.25) is 0 Å². The first kappa shape index (κ1) is 12.9. The van der Waals surface area contributed by atoms with Crippen molar-refractivity contribution in [2.45, 2.75) is 32.7 Å². The maximum Gasteiger partial charge on any atom is 0.303 e. The zero-order valence-electron chi connectivity index (χ0n) is 8.58. The smallest absolute Gasteiger partial charge is 0.303 e. The molecule has 0 aromatic heterocycles. The summed E-state index contributed by atoms with van der Waals surface area (Å²) in [5, 5.41) is 11.0. The summed E-state index contributed by atoms with van der Waals surface area (Å²) in [5.74, 6) is -1.05. The molecule has 0 fully saturated rings. The Hall–Kier alpha value is -1.10. The predicted octanol–water partition coefficient (Wildman–Crippen LogP) is 0.392. The fraction of sp³-hybridized carbons (Fsp3) is 0.778. The van der Waals surface area contributed by atoms with E-state index in [0.29, 0.717) is 13.0 Å². The molecule has 1 amide bonds. The monoisotopic (exact) mass is 203 g/mol. The van der Waals surface area contributed by atoms with Gasteiger partial charge in [-0.25, -0.2) is 0 Å². The molecule has 5 heteroatoms. The number of carboxylic acid groups (broad SMARTS) is 1. The van der Waals surface area contributed by atoms with E-state index in [1.165, 1.54) is 0 Å². The molecule has 0 heterocycles. The van der Waals surface area contributed by atoms with Crippen molar-refractivity contribution >= 4 is 11.9 Å². The highest BCUT2D eigenvalue weighted by Crippen LogP contribution is 1.95. The first-order valence-electron chi connectivity index (χ1n) is 4.65. The zero-order valence-corrected chi connectivity index (χ0v) is 8.58. The average Bonchev–Trinajstić information content (AvgIpc) is 2.11. The van der Waals surface area contributed by atoms with Gasteiger partial charge in [-0.15, -0.1) is 0 Å². The topological polar surface area (TPSA) is 75.6 Å². The number of hydrogen-bond donors (Lipinski definition) is 2. The minimum atomic E-state index is -0.851. The number of amides is 1. The first-order valence-corrected chi connectivity index (χ1v) is 4.65. The molecule has 0 aliphatic rings. The van der Waals surface area contributed by atoms with Crippen LogP contribution in [0, 0.1) is 0 Å². The fourth-order valence-corrected chi connectivity index (χ4v) is 0.923. The van der Waals surface area contributed by atoms with Gasteiger partial charge in [0.15, 0.2) is 0 Å². The van der Waals surface area contributed by atoms with Crippen molar-refractivity contribution in [3.63, 3.8) is 0 Å². The highest BCUT2D eigenvalue weighted by Gasteiger charge is 2.08. The SMILES string of the molecule is CCOCC(=O)NC(C)CCC(=O)O. The van der Waals surface area contributed by atoms with Crippen molar-refractivity contribution in [3.05, 3.63) is 0 Å². The molecule has 1 atom stereocenters. The minimum absolute atomic E-state index is 0.0356. The number of carbonyl (C=O) groups excluding carboxylic acids is 1. The predicted molar refractivity (Wildman–Crippen MR) is 51.0 cm³/mol. The van der Waals surface area contributed by atoms with Crippen molar-refractivity contribution in [1.29, 1.82) is 0 Å². The Morgan fingerprint density at radius 2 is 2.14 bits per heavy atom. The van der Waals surface area contributed by atoms with E-state index in [2.05, 4.69) is 5.32 Å². The Balaban J connectivity index is 3.55. The van der Waals surface area contributed by atoms with Crippen LogP contribution in [0.4, 0.5) is 0 Å². The van der Waals surface area contributed by atoms with E-state index < -0.39 is 5.97 Å². The lowest BCUT2D eigenvalue weighted by Crippen LogP contribution is -2.35. The molecule has 0 bridgehead atoms. The Morgan fingerprint density at radius 1 is 1.50 bits per heavy atom. The van der Waals surface area contributed by atoms with Crippen LogP contribution in [-0.2, 0) is 14.3 Å². The number of hydrogen-bond acceptors (Lipinski definition) is 3. The van der Waals surface area contributed by atoms with Crippen molar-refractivity contribution in [2.75, 3.05) is 13.2 Å². The molecule has 0 aromatic carbocycles.